The Kier molecular flexibility index (Phi) is 7.27. The lowest BCUT2D eigenvalue weighted by Crippen LogP contribution is -2.49. The lowest BCUT2D eigenvalue weighted by Gasteiger charge is -2.39. The summed E-state index contributed by atoms with van der Waals surface area (Å²) in [4.78, 5) is 34.3. The Morgan fingerprint density at radius 3 is 2.40 bits per heavy atom. The molecule has 0 saturated carbocycles. The van der Waals surface area contributed by atoms with Gasteiger partial charge < -0.3 is 10.2 Å². The summed E-state index contributed by atoms with van der Waals surface area (Å²) < 4.78 is 0. The first-order valence-corrected chi connectivity index (χ1v) is 13.2. The molecule has 0 radical (unpaired) electrons. The van der Waals surface area contributed by atoms with Crippen LogP contribution >= 0.6 is 11.3 Å². The number of likely N-dealkylation sites (N-methyl/N-ethyl adjacent to an activating group) is 1. The quantitative estimate of drug-likeness (QED) is 0.552. The van der Waals surface area contributed by atoms with Crippen LogP contribution in [0.5, 0.6) is 0 Å². The predicted octanol–water partition coefficient (Wildman–Crippen LogP) is 3.59. The van der Waals surface area contributed by atoms with Gasteiger partial charge in [0.05, 0.1) is 12.0 Å². The fourth-order valence-electron chi connectivity index (χ4n) is 5.23. The van der Waals surface area contributed by atoms with Gasteiger partial charge in [0.25, 0.3) is 5.91 Å². The summed E-state index contributed by atoms with van der Waals surface area (Å²) >= 11 is 1.59. The standard InChI is InChI=1S/C28H32N4O2S/c1-30-26(24-12-7-19-35-24)25(22-10-5-6-11-23(22)28(30)34)27(33)29-13-14-31-15-17-32(18-16-31)20-21-8-3-2-4-9-21/h2-12,19,25-26H,13-18,20H2,1H3,(H,29,33)/t25-,26-/m1/s1. The van der Waals surface area contributed by atoms with Crippen LogP contribution in [0, 0.1) is 0 Å². The minimum absolute atomic E-state index is 0.0158. The van der Waals surface area contributed by atoms with Crippen LogP contribution in [0.4, 0.5) is 0 Å². The molecule has 2 aromatic carbocycles. The Balaban J connectivity index is 1.20. The number of rotatable bonds is 7. The number of nitrogens with zero attached hydrogens (tertiary/aromatic N) is 3. The number of piperazine rings is 1. The van der Waals surface area contributed by atoms with Crippen molar-refractivity contribution in [2.24, 2.45) is 0 Å². The number of thiophene rings is 1. The summed E-state index contributed by atoms with van der Waals surface area (Å²) in [6.45, 7) is 6.50. The molecule has 35 heavy (non-hydrogen) atoms. The van der Waals surface area contributed by atoms with E-state index >= 15 is 0 Å². The Labute approximate surface area is 211 Å². The van der Waals surface area contributed by atoms with Crippen molar-refractivity contribution in [2.45, 2.75) is 18.5 Å². The number of fused-ring (bicyclic) bond motifs is 1. The Morgan fingerprint density at radius 1 is 0.943 bits per heavy atom. The Hall–Kier alpha value is -3.00. The van der Waals surface area contributed by atoms with Crippen molar-refractivity contribution in [3.8, 4) is 0 Å². The second-order valence-corrected chi connectivity index (χ2v) is 10.3. The molecule has 1 aromatic heterocycles. The van der Waals surface area contributed by atoms with Crippen molar-refractivity contribution >= 4 is 23.2 Å². The van der Waals surface area contributed by atoms with Crippen molar-refractivity contribution < 1.29 is 9.59 Å². The van der Waals surface area contributed by atoms with Crippen LogP contribution in [0.15, 0.2) is 72.1 Å². The van der Waals surface area contributed by atoms with Crippen LogP contribution in [-0.2, 0) is 11.3 Å². The SMILES string of the molecule is CN1C(=O)c2ccccc2[C@@H](C(=O)NCCN2CCN(Cc3ccccc3)CC2)[C@H]1c1cccs1. The number of hydrogen-bond acceptors (Lipinski definition) is 5. The maximum atomic E-state index is 13.5. The molecule has 0 aliphatic carbocycles. The Bertz CT molecular complexity index is 1140. The van der Waals surface area contributed by atoms with Gasteiger partial charge >= 0.3 is 0 Å². The molecule has 1 fully saturated rings. The van der Waals surface area contributed by atoms with Gasteiger partial charge in [0.1, 0.15) is 0 Å². The van der Waals surface area contributed by atoms with E-state index in [0.717, 1.165) is 49.7 Å². The molecule has 5 rings (SSSR count). The van der Waals surface area contributed by atoms with E-state index < -0.39 is 5.92 Å². The summed E-state index contributed by atoms with van der Waals surface area (Å²) in [6, 6.07) is 21.8. The van der Waals surface area contributed by atoms with Crippen LogP contribution in [0.2, 0.25) is 0 Å². The van der Waals surface area contributed by atoms with Crippen LogP contribution in [0.3, 0.4) is 0 Å². The third kappa shape index (κ3) is 5.17. The molecular weight excluding hydrogens is 456 g/mol. The highest BCUT2D eigenvalue weighted by atomic mass is 32.1. The highest BCUT2D eigenvalue weighted by Gasteiger charge is 2.42. The van der Waals surface area contributed by atoms with Crippen LogP contribution in [0.25, 0.3) is 0 Å². The number of hydrogen-bond donors (Lipinski definition) is 1. The average molecular weight is 489 g/mol. The third-order valence-electron chi connectivity index (χ3n) is 7.14. The van der Waals surface area contributed by atoms with Crippen molar-refractivity contribution in [3.63, 3.8) is 0 Å². The molecule has 2 atom stereocenters. The van der Waals surface area contributed by atoms with Crippen LogP contribution in [0.1, 0.15) is 38.3 Å². The Morgan fingerprint density at radius 2 is 1.66 bits per heavy atom. The maximum absolute atomic E-state index is 13.5. The molecule has 1 N–H and O–H groups in total. The fraction of sp³-hybridized carbons (Fsp3) is 0.357. The maximum Gasteiger partial charge on any atom is 0.254 e. The minimum atomic E-state index is -0.421. The summed E-state index contributed by atoms with van der Waals surface area (Å²) in [5, 5.41) is 5.19. The first-order valence-electron chi connectivity index (χ1n) is 12.3. The first kappa shape index (κ1) is 23.7. The normalized spacial score (nSPS) is 21.1. The topological polar surface area (TPSA) is 55.9 Å². The summed E-state index contributed by atoms with van der Waals surface area (Å²) in [5.74, 6) is -0.468. The number of amides is 2. The number of benzene rings is 2. The van der Waals surface area contributed by atoms with Gasteiger partial charge in [-0.2, -0.15) is 0 Å². The zero-order valence-corrected chi connectivity index (χ0v) is 20.9. The summed E-state index contributed by atoms with van der Waals surface area (Å²) in [6.07, 6.45) is 0. The molecule has 2 aliphatic heterocycles. The fourth-order valence-corrected chi connectivity index (χ4v) is 6.14. The molecule has 182 valence electrons. The molecule has 3 aromatic rings. The second kappa shape index (κ2) is 10.7. The highest BCUT2D eigenvalue weighted by Crippen LogP contribution is 2.43. The van der Waals surface area contributed by atoms with Gasteiger partial charge in [-0.25, -0.2) is 0 Å². The molecule has 0 spiro atoms. The van der Waals surface area contributed by atoms with Crippen molar-refractivity contribution in [1.82, 2.24) is 20.0 Å². The van der Waals surface area contributed by atoms with Crippen molar-refractivity contribution in [3.05, 3.63) is 93.7 Å². The summed E-state index contributed by atoms with van der Waals surface area (Å²) in [7, 11) is 1.80. The van der Waals surface area contributed by atoms with E-state index in [2.05, 4.69) is 45.4 Å². The average Bonchev–Trinajstić information content (AvgIpc) is 3.42. The van der Waals surface area contributed by atoms with Gasteiger partial charge in [0.2, 0.25) is 5.91 Å². The van der Waals surface area contributed by atoms with Crippen molar-refractivity contribution in [2.75, 3.05) is 46.3 Å². The van der Waals surface area contributed by atoms with Gasteiger partial charge in [-0.1, -0.05) is 54.6 Å². The van der Waals surface area contributed by atoms with Gasteiger partial charge in [-0.3, -0.25) is 19.4 Å². The minimum Gasteiger partial charge on any atom is -0.354 e. The second-order valence-electron chi connectivity index (χ2n) is 9.34. The van der Waals surface area contributed by atoms with E-state index in [0.29, 0.717) is 12.1 Å². The summed E-state index contributed by atoms with van der Waals surface area (Å²) in [5.41, 5.74) is 2.79. The van der Waals surface area contributed by atoms with Crippen molar-refractivity contribution in [1.29, 1.82) is 0 Å². The molecule has 2 amide bonds. The zero-order chi connectivity index (χ0) is 24.2. The van der Waals surface area contributed by atoms with Gasteiger partial charge in [0, 0.05) is 63.3 Å². The number of carbonyl (C=O) groups excluding carboxylic acids is 2. The molecule has 6 nitrogen and oxygen atoms in total. The predicted molar refractivity (Wildman–Crippen MR) is 140 cm³/mol. The third-order valence-corrected chi connectivity index (χ3v) is 8.08. The monoisotopic (exact) mass is 488 g/mol. The van der Waals surface area contributed by atoms with Gasteiger partial charge in [-0.05, 0) is 28.6 Å². The smallest absolute Gasteiger partial charge is 0.254 e. The molecule has 0 bridgehead atoms. The first-order chi connectivity index (χ1) is 17.1. The zero-order valence-electron chi connectivity index (χ0n) is 20.1. The lowest BCUT2D eigenvalue weighted by molar-refractivity contribution is -0.124. The van der Waals surface area contributed by atoms with E-state index in [1.54, 1.807) is 23.3 Å². The molecule has 0 unspecified atom stereocenters. The molecular formula is C28H32N4O2S. The van der Waals surface area contributed by atoms with E-state index in [-0.39, 0.29) is 17.9 Å². The largest absolute Gasteiger partial charge is 0.354 e. The van der Waals surface area contributed by atoms with E-state index in [9.17, 15) is 9.59 Å². The van der Waals surface area contributed by atoms with Crippen LogP contribution < -0.4 is 5.32 Å². The van der Waals surface area contributed by atoms with Gasteiger partial charge in [-0.15, -0.1) is 11.3 Å². The van der Waals surface area contributed by atoms with E-state index in [1.807, 2.05) is 41.8 Å². The number of carbonyl (C=O) groups is 2. The molecule has 2 aliphatic rings. The molecule has 1 saturated heterocycles. The lowest BCUT2D eigenvalue weighted by atomic mass is 9.82. The van der Waals surface area contributed by atoms with Gasteiger partial charge in [0.15, 0.2) is 0 Å². The highest BCUT2D eigenvalue weighted by molar-refractivity contribution is 7.10. The molecule has 7 heteroatoms. The number of nitrogens with one attached hydrogen (secondary N) is 1. The van der Waals surface area contributed by atoms with E-state index in [4.69, 9.17) is 0 Å². The van der Waals surface area contributed by atoms with E-state index in [1.165, 1.54) is 5.56 Å². The molecule has 3 heterocycles. The van der Waals surface area contributed by atoms with Crippen LogP contribution in [-0.4, -0.2) is 72.8 Å².